The van der Waals surface area contributed by atoms with Gasteiger partial charge in [0.1, 0.15) is 0 Å². The highest BCUT2D eigenvalue weighted by Crippen LogP contribution is 2.15. The topological polar surface area (TPSA) is 91.0 Å². The van der Waals surface area contributed by atoms with E-state index in [1.165, 1.54) is 6.07 Å². The molecule has 1 fully saturated rings. The number of nitrogens with zero attached hydrogens (tertiary/aromatic N) is 3. The zero-order chi connectivity index (χ0) is 17.1. The average Bonchev–Trinajstić information content (AvgIpc) is 2.55. The van der Waals surface area contributed by atoms with Crippen LogP contribution in [0.1, 0.15) is 34.6 Å². The molecule has 1 saturated heterocycles. The lowest BCUT2D eigenvalue weighted by Crippen LogP contribution is -2.45. The summed E-state index contributed by atoms with van der Waals surface area (Å²) in [5, 5.41) is 3.05. The number of aryl methyl sites for hydroxylation is 2. The number of nitrogens with one attached hydrogen (secondary N) is 2. The molecule has 0 atom stereocenters. The van der Waals surface area contributed by atoms with Crippen molar-refractivity contribution in [1.29, 1.82) is 0 Å². The van der Waals surface area contributed by atoms with Gasteiger partial charge in [-0.2, -0.15) is 0 Å². The molecule has 0 aliphatic carbocycles. The van der Waals surface area contributed by atoms with E-state index < -0.39 is 0 Å². The van der Waals surface area contributed by atoms with Gasteiger partial charge < -0.3 is 10.2 Å². The molecule has 1 aliphatic heterocycles. The summed E-state index contributed by atoms with van der Waals surface area (Å²) in [5.74, 6) is 0.510. The van der Waals surface area contributed by atoms with Crippen LogP contribution in [0.2, 0.25) is 0 Å². The van der Waals surface area contributed by atoms with Crippen LogP contribution in [0.25, 0.3) is 0 Å². The van der Waals surface area contributed by atoms with Crippen LogP contribution in [0, 0.1) is 13.8 Å². The second-order valence-corrected chi connectivity index (χ2v) is 6.13. The van der Waals surface area contributed by atoms with Gasteiger partial charge in [0.05, 0.1) is 5.56 Å². The van der Waals surface area contributed by atoms with E-state index in [0.717, 1.165) is 31.6 Å². The normalized spacial score (nSPS) is 15.3. The molecule has 0 radical (unpaired) electrons. The fraction of sp³-hybridized carbons (Fsp3) is 0.412. The van der Waals surface area contributed by atoms with Crippen molar-refractivity contribution in [2.24, 2.45) is 0 Å². The van der Waals surface area contributed by atoms with Gasteiger partial charge in [-0.15, -0.1) is 0 Å². The van der Waals surface area contributed by atoms with Crippen LogP contribution in [-0.2, 0) is 0 Å². The number of rotatable bonds is 3. The van der Waals surface area contributed by atoms with E-state index in [1.54, 1.807) is 19.2 Å². The van der Waals surface area contributed by atoms with Crippen molar-refractivity contribution in [1.82, 2.24) is 20.3 Å². The smallest absolute Gasteiger partial charge is 0.253 e. The van der Waals surface area contributed by atoms with Gasteiger partial charge in [-0.1, -0.05) is 0 Å². The van der Waals surface area contributed by atoms with Gasteiger partial charge in [0.2, 0.25) is 5.95 Å². The number of carbonyl (C=O) groups is 1. The van der Waals surface area contributed by atoms with Crippen molar-refractivity contribution in [3.05, 3.63) is 51.7 Å². The Balaban J connectivity index is 1.58. The van der Waals surface area contributed by atoms with Crippen LogP contribution in [0.4, 0.5) is 5.95 Å². The number of H-pyrrole nitrogens is 1. The second kappa shape index (κ2) is 6.82. The van der Waals surface area contributed by atoms with Gasteiger partial charge in [-0.05, 0) is 38.8 Å². The summed E-state index contributed by atoms with van der Waals surface area (Å²) in [7, 11) is 0. The van der Waals surface area contributed by atoms with Crippen molar-refractivity contribution >= 4 is 11.9 Å². The van der Waals surface area contributed by atoms with Gasteiger partial charge in [0, 0.05) is 42.8 Å². The molecule has 24 heavy (non-hydrogen) atoms. The van der Waals surface area contributed by atoms with E-state index in [2.05, 4.69) is 20.3 Å². The van der Waals surface area contributed by atoms with E-state index in [0.29, 0.717) is 17.2 Å². The molecule has 0 unspecified atom stereocenters. The molecular formula is C17H21N5O2. The predicted octanol–water partition coefficient (Wildman–Crippen LogP) is 1.18. The van der Waals surface area contributed by atoms with Crippen LogP contribution >= 0.6 is 0 Å². The number of hydrogen-bond acceptors (Lipinski definition) is 5. The molecule has 1 aliphatic rings. The van der Waals surface area contributed by atoms with Crippen LogP contribution < -0.4 is 15.8 Å². The van der Waals surface area contributed by atoms with Crippen molar-refractivity contribution in [3.63, 3.8) is 0 Å². The largest absolute Gasteiger partial charge is 0.349 e. The van der Waals surface area contributed by atoms with Crippen LogP contribution in [0.15, 0.2) is 29.2 Å². The summed E-state index contributed by atoms with van der Waals surface area (Å²) < 4.78 is 0. The Labute approximate surface area is 140 Å². The average molecular weight is 327 g/mol. The van der Waals surface area contributed by atoms with Crippen molar-refractivity contribution < 1.29 is 4.79 Å². The van der Waals surface area contributed by atoms with Crippen LogP contribution in [-0.4, -0.2) is 40.0 Å². The summed E-state index contributed by atoms with van der Waals surface area (Å²) in [6.45, 7) is 5.18. The van der Waals surface area contributed by atoms with Gasteiger partial charge in [0.25, 0.3) is 11.5 Å². The number of carbonyl (C=O) groups excluding carboxylic acids is 1. The number of aromatic nitrogens is 3. The highest BCUT2D eigenvalue weighted by molar-refractivity contribution is 5.94. The van der Waals surface area contributed by atoms with Crippen LogP contribution in [0.5, 0.6) is 0 Å². The molecule has 126 valence electrons. The Morgan fingerprint density at radius 3 is 2.62 bits per heavy atom. The Bertz CT molecular complexity index is 776. The number of hydrogen-bond donors (Lipinski definition) is 2. The van der Waals surface area contributed by atoms with E-state index in [9.17, 15) is 9.59 Å². The summed E-state index contributed by atoms with van der Waals surface area (Å²) in [6.07, 6.45) is 3.21. The Hall–Kier alpha value is -2.70. The highest BCUT2D eigenvalue weighted by Gasteiger charge is 2.22. The number of amides is 1. The first kappa shape index (κ1) is 16.2. The molecule has 0 spiro atoms. The maximum Gasteiger partial charge on any atom is 0.253 e. The molecule has 7 nitrogen and oxygen atoms in total. The maximum absolute atomic E-state index is 12.2. The summed E-state index contributed by atoms with van der Waals surface area (Å²) >= 11 is 0. The zero-order valence-corrected chi connectivity index (χ0v) is 13.9. The van der Waals surface area contributed by atoms with Gasteiger partial charge >= 0.3 is 0 Å². The molecular weight excluding hydrogens is 306 g/mol. The maximum atomic E-state index is 12.2. The van der Waals surface area contributed by atoms with E-state index in [-0.39, 0.29) is 17.5 Å². The lowest BCUT2D eigenvalue weighted by Gasteiger charge is -2.32. The first-order chi connectivity index (χ1) is 11.5. The van der Waals surface area contributed by atoms with E-state index >= 15 is 0 Å². The second-order valence-electron chi connectivity index (χ2n) is 6.13. The molecule has 0 bridgehead atoms. The molecule has 3 heterocycles. The predicted molar refractivity (Wildman–Crippen MR) is 91.3 cm³/mol. The van der Waals surface area contributed by atoms with Crippen molar-refractivity contribution in [2.75, 3.05) is 18.0 Å². The summed E-state index contributed by atoms with van der Waals surface area (Å²) in [4.78, 5) is 37.1. The minimum atomic E-state index is -0.139. The first-order valence-corrected chi connectivity index (χ1v) is 8.08. The molecule has 0 saturated carbocycles. The first-order valence-electron chi connectivity index (χ1n) is 8.08. The highest BCUT2D eigenvalue weighted by atomic mass is 16.1. The third-order valence-corrected chi connectivity index (χ3v) is 4.16. The fourth-order valence-corrected chi connectivity index (χ4v) is 2.82. The van der Waals surface area contributed by atoms with Crippen molar-refractivity contribution in [3.8, 4) is 0 Å². The Morgan fingerprint density at radius 1 is 1.25 bits per heavy atom. The van der Waals surface area contributed by atoms with Gasteiger partial charge in [-0.25, -0.2) is 4.98 Å². The van der Waals surface area contributed by atoms with Crippen molar-refractivity contribution in [2.45, 2.75) is 32.7 Å². The quantitative estimate of drug-likeness (QED) is 0.883. The lowest BCUT2D eigenvalue weighted by atomic mass is 10.0. The van der Waals surface area contributed by atoms with Gasteiger partial charge in [0.15, 0.2) is 0 Å². The van der Waals surface area contributed by atoms with E-state index in [1.807, 2.05) is 17.9 Å². The molecule has 7 heteroatoms. The monoisotopic (exact) mass is 327 g/mol. The minimum absolute atomic E-state index is 0.0944. The van der Waals surface area contributed by atoms with Gasteiger partial charge in [-0.3, -0.25) is 19.6 Å². The van der Waals surface area contributed by atoms with E-state index in [4.69, 9.17) is 0 Å². The third kappa shape index (κ3) is 3.79. The number of piperidine rings is 1. The molecule has 2 aromatic rings. The molecule has 3 rings (SSSR count). The minimum Gasteiger partial charge on any atom is -0.349 e. The number of pyridine rings is 1. The number of aromatic amines is 1. The summed E-state index contributed by atoms with van der Waals surface area (Å²) in [6, 6.07) is 5.21. The standard InChI is InChI=1S/C17H21N5O2/c1-11-3-4-13(10-18-11)16(24)20-14-5-7-22(8-6-14)17-19-12(2)9-15(23)21-17/h3-4,9-10,14H,5-8H2,1-2H3,(H,20,24)(H,19,21,23). The molecule has 2 aromatic heterocycles. The SMILES string of the molecule is Cc1ccc(C(=O)NC2CCN(c3nc(C)cc(=O)[nH]3)CC2)cn1. The zero-order valence-electron chi connectivity index (χ0n) is 13.9. The molecule has 2 N–H and O–H groups in total. The summed E-state index contributed by atoms with van der Waals surface area (Å²) in [5.41, 5.74) is 2.03. The molecule has 0 aromatic carbocycles. The number of anilines is 1. The van der Waals surface area contributed by atoms with Crippen LogP contribution in [0.3, 0.4) is 0 Å². The Morgan fingerprint density at radius 2 is 2.00 bits per heavy atom. The third-order valence-electron chi connectivity index (χ3n) is 4.16. The Kier molecular flexibility index (Phi) is 4.59. The lowest BCUT2D eigenvalue weighted by molar-refractivity contribution is 0.0930. The molecule has 1 amide bonds. The fourth-order valence-electron chi connectivity index (χ4n) is 2.82.